The van der Waals surface area contributed by atoms with E-state index in [-0.39, 0.29) is 23.9 Å². The first-order valence-corrected chi connectivity index (χ1v) is 13.4. The van der Waals surface area contributed by atoms with Gasteiger partial charge in [0.1, 0.15) is 11.4 Å². The predicted octanol–water partition coefficient (Wildman–Crippen LogP) is 4.74. The van der Waals surface area contributed by atoms with E-state index >= 15 is 0 Å². The Morgan fingerprint density at radius 3 is 2.88 bits per heavy atom. The zero-order valence-electron chi connectivity index (χ0n) is 18.5. The fourth-order valence-electron chi connectivity index (χ4n) is 5.19. The fourth-order valence-corrected chi connectivity index (χ4v) is 7.50. The van der Waals surface area contributed by atoms with Crippen LogP contribution >= 0.6 is 22.7 Å². The van der Waals surface area contributed by atoms with E-state index in [0.29, 0.717) is 6.54 Å². The topological polar surface area (TPSA) is 68.1 Å². The Morgan fingerprint density at radius 2 is 1.97 bits per heavy atom. The van der Waals surface area contributed by atoms with Crippen molar-refractivity contribution in [2.45, 2.75) is 57.4 Å². The number of aromatic nitrogens is 3. The van der Waals surface area contributed by atoms with E-state index in [1.807, 2.05) is 23.1 Å². The zero-order valence-corrected chi connectivity index (χ0v) is 20.1. The molecule has 0 N–H and O–H groups in total. The number of carbonyl (C=O) groups is 1. The Morgan fingerprint density at radius 1 is 1.09 bits per heavy atom. The second-order valence-electron chi connectivity index (χ2n) is 9.12. The number of hydrogen-bond donors (Lipinski definition) is 0. The summed E-state index contributed by atoms with van der Waals surface area (Å²) in [5.74, 6) is 0.246. The number of para-hydroxylation sites is 1. The number of nitrogens with zero attached hydrogens (tertiary/aromatic N) is 4. The van der Waals surface area contributed by atoms with Gasteiger partial charge in [-0.2, -0.15) is 0 Å². The lowest BCUT2D eigenvalue weighted by atomic mass is 9.98. The first kappa shape index (κ1) is 21.0. The van der Waals surface area contributed by atoms with Crippen LogP contribution in [0.4, 0.5) is 0 Å². The molecule has 0 bridgehead atoms. The molecule has 1 atom stereocenters. The molecule has 4 aromatic rings. The molecule has 0 unspecified atom stereocenters. The number of thiophene rings is 1. The van der Waals surface area contributed by atoms with Crippen molar-refractivity contribution in [2.75, 3.05) is 13.1 Å². The summed E-state index contributed by atoms with van der Waals surface area (Å²) in [7, 11) is 0. The molecule has 0 saturated carbocycles. The van der Waals surface area contributed by atoms with Crippen molar-refractivity contribution >= 4 is 49.0 Å². The van der Waals surface area contributed by atoms with Gasteiger partial charge >= 0.3 is 0 Å². The molecule has 6 rings (SSSR count). The Balaban J connectivity index is 1.23. The van der Waals surface area contributed by atoms with Gasteiger partial charge in [0.15, 0.2) is 0 Å². The molecule has 1 saturated heterocycles. The van der Waals surface area contributed by atoms with Crippen LogP contribution in [0.5, 0.6) is 0 Å². The van der Waals surface area contributed by atoms with Crippen molar-refractivity contribution in [1.82, 2.24) is 19.4 Å². The van der Waals surface area contributed by atoms with Gasteiger partial charge in [-0.3, -0.25) is 14.2 Å². The lowest BCUT2D eigenvalue weighted by Gasteiger charge is -2.32. The number of piperidine rings is 1. The quantitative estimate of drug-likeness (QED) is 0.399. The number of amides is 1. The SMILES string of the molecule is O=C(Cn1cnc2sc3c(c2c1=O)CCCCC3)N1CCC[C@H](c2nc3ccccc3s2)C1. The Kier molecular flexibility index (Phi) is 5.50. The van der Waals surface area contributed by atoms with Gasteiger partial charge in [-0.1, -0.05) is 18.6 Å². The highest BCUT2D eigenvalue weighted by molar-refractivity contribution is 7.19. The van der Waals surface area contributed by atoms with Gasteiger partial charge in [0.05, 0.1) is 26.9 Å². The van der Waals surface area contributed by atoms with Gasteiger partial charge in [0.2, 0.25) is 5.91 Å². The van der Waals surface area contributed by atoms with Gasteiger partial charge in [0.25, 0.3) is 5.56 Å². The maximum absolute atomic E-state index is 13.3. The van der Waals surface area contributed by atoms with Crippen molar-refractivity contribution in [2.24, 2.45) is 0 Å². The van der Waals surface area contributed by atoms with Crippen molar-refractivity contribution < 1.29 is 4.79 Å². The van der Waals surface area contributed by atoms with Gasteiger partial charge in [-0.05, 0) is 56.2 Å². The van der Waals surface area contributed by atoms with Crippen LogP contribution in [0.15, 0.2) is 35.4 Å². The summed E-state index contributed by atoms with van der Waals surface area (Å²) < 4.78 is 2.71. The van der Waals surface area contributed by atoms with E-state index < -0.39 is 0 Å². The number of fused-ring (bicyclic) bond motifs is 4. The molecule has 0 radical (unpaired) electrons. The number of thiazole rings is 1. The second-order valence-corrected chi connectivity index (χ2v) is 11.3. The average molecular weight is 479 g/mol. The molecule has 3 aromatic heterocycles. The highest BCUT2D eigenvalue weighted by Gasteiger charge is 2.28. The van der Waals surface area contributed by atoms with Gasteiger partial charge in [-0.15, -0.1) is 22.7 Å². The number of likely N-dealkylation sites (tertiary alicyclic amines) is 1. The molecule has 1 aliphatic heterocycles. The summed E-state index contributed by atoms with van der Waals surface area (Å²) in [4.78, 5) is 40.0. The minimum Gasteiger partial charge on any atom is -0.340 e. The molecule has 1 aliphatic carbocycles. The van der Waals surface area contributed by atoms with E-state index in [1.54, 1.807) is 29.0 Å². The summed E-state index contributed by atoms with van der Waals surface area (Å²) in [6.07, 6.45) is 9.04. The maximum atomic E-state index is 13.3. The summed E-state index contributed by atoms with van der Waals surface area (Å²) in [6, 6.07) is 8.19. The molecule has 170 valence electrons. The third-order valence-corrected chi connectivity index (χ3v) is 9.33. The monoisotopic (exact) mass is 478 g/mol. The molecule has 1 fully saturated rings. The molecule has 33 heavy (non-hydrogen) atoms. The number of rotatable bonds is 3. The van der Waals surface area contributed by atoms with Crippen LogP contribution in [0.1, 0.15) is 53.5 Å². The molecule has 4 heterocycles. The molecule has 1 amide bonds. The fraction of sp³-hybridized carbons (Fsp3) is 0.440. The molecule has 8 heteroatoms. The molecule has 2 aliphatic rings. The average Bonchev–Trinajstić information content (AvgIpc) is 3.35. The van der Waals surface area contributed by atoms with Gasteiger partial charge < -0.3 is 4.90 Å². The third-order valence-electron chi connectivity index (χ3n) is 6.93. The number of hydrogen-bond acceptors (Lipinski definition) is 6. The van der Waals surface area contributed by atoms with E-state index in [1.165, 1.54) is 32.5 Å². The van der Waals surface area contributed by atoms with E-state index in [0.717, 1.165) is 59.4 Å². The number of aryl methyl sites for hydroxylation is 2. The first-order chi connectivity index (χ1) is 16.2. The molecular weight excluding hydrogens is 452 g/mol. The van der Waals surface area contributed by atoms with Crippen molar-refractivity contribution in [3.8, 4) is 0 Å². The largest absolute Gasteiger partial charge is 0.340 e. The zero-order chi connectivity index (χ0) is 22.4. The summed E-state index contributed by atoms with van der Waals surface area (Å²) >= 11 is 3.38. The Labute approximate surface area is 199 Å². The van der Waals surface area contributed by atoms with Gasteiger partial charge in [0, 0.05) is 23.9 Å². The minimum atomic E-state index is -0.0625. The summed E-state index contributed by atoms with van der Waals surface area (Å²) in [5.41, 5.74) is 2.15. The van der Waals surface area contributed by atoms with Crippen LogP contribution in [-0.4, -0.2) is 38.4 Å². The van der Waals surface area contributed by atoms with Crippen LogP contribution in [0.2, 0.25) is 0 Å². The smallest absolute Gasteiger partial charge is 0.262 e. The standard InChI is InChI=1S/C25H26N4O2S2/c30-21(28-12-6-7-16(13-28)23-27-18-9-4-5-11-20(18)33-23)14-29-15-26-24-22(25(29)31)17-8-2-1-3-10-19(17)32-24/h4-5,9,11,15-16H,1-3,6-8,10,12-14H2/t16-/m0/s1. The van der Waals surface area contributed by atoms with Crippen LogP contribution in [0, 0.1) is 0 Å². The second kappa shape index (κ2) is 8.65. The Bertz CT molecular complexity index is 1370. The highest BCUT2D eigenvalue weighted by atomic mass is 32.1. The van der Waals surface area contributed by atoms with Crippen molar-refractivity contribution in [3.05, 3.63) is 56.4 Å². The Hall–Kier alpha value is -2.58. The summed E-state index contributed by atoms with van der Waals surface area (Å²) in [6.45, 7) is 1.45. The molecule has 6 nitrogen and oxygen atoms in total. The normalized spacial score (nSPS) is 19.0. The van der Waals surface area contributed by atoms with Crippen LogP contribution in [0.25, 0.3) is 20.4 Å². The molecular formula is C25H26N4O2S2. The lowest BCUT2D eigenvalue weighted by Crippen LogP contribution is -2.42. The predicted molar refractivity (Wildman–Crippen MR) is 133 cm³/mol. The minimum absolute atomic E-state index is 0.00891. The van der Waals surface area contributed by atoms with Crippen LogP contribution in [-0.2, 0) is 24.2 Å². The number of carbonyl (C=O) groups excluding carboxylic acids is 1. The maximum Gasteiger partial charge on any atom is 0.262 e. The van der Waals surface area contributed by atoms with Crippen molar-refractivity contribution in [3.63, 3.8) is 0 Å². The highest BCUT2D eigenvalue weighted by Crippen LogP contribution is 2.34. The molecule has 1 aromatic carbocycles. The first-order valence-electron chi connectivity index (χ1n) is 11.8. The van der Waals surface area contributed by atoms with Crippen LogP contribution < -0.4 is 5.56 Å². The van der Waals surface area contributed by atoms with E-state index in [2.05, 4.69) is 11.1 Å². The lowest BCUT2D eigenvalue weighted by molar-refractivity contribution is -0.133. The van der Waals surface area contributed by atoms with Crippen molar-refractivity contribution in [1.29, 1.82) is 0 Å². The third kappa shape index (κ3) is 3.89. The van der Waals surface area contributed by atoms with E-state index in [4.69, 9.17) is 4.98 Å². The summed E-state index contributed by atoms with van der Waals surface area (Å²) in [5, 5.41) is 1.85. The van der Waals surface area contributed by atoms with Gasteiger partial charge in [-0.25, -0.2) is 9.97 Å². The van der Waals surface area contributed by atoms with E-state index in [9.17, 15) is 9.59 Å². The number of benzene rings is 1. The van der Waals surface area contributed by atoms with Crippen LogP contribution in [0.3, 0.4) is 0 Å². The molecule has 0 spiro atoms.